The topological polar surface area (TPSA) is 47.6 Å². The molecule has 17 heavy (non-hydrogen) atoms. The molecule has 4 heteroatoms. The number of carbonyl (C=O) groups is 1. The van der Waals surface area contributed by atoms with Crippen LogP contribution in [0.15, 0.2) is 0 Å². The van der Waals surface area contributed by atoms with Gasteiger partial charge in [0.15, 0.2) is 0 Å². The van der Waals surface area contributed by atoms with Crippen LogP contribution < -0.4 is 5.32 Å². The monoisotopic (exact) mass is 241 g/mol. The van der Waals surface area contributed by atoms with E-state index >= 15 is 0 Å². The van der Waals surface area contributed by atoms with E-state index in [1.165, 1.54) is 0 Å². The van der Waals surface area contributed by atoms with Gasteiger partial charge in [0.05, 0.1) is 12.7 Å². The number of nitrogens with one attached hydrogen (secondary N) is 1. The fraction of sp³-hybridized carbons (Fsp3) is 0.923. The van der Waals surface area contributed by atoms with E-state index in [0.717, 1.165) is 19.3 Å². The molecule has 4 nitrogen and oxygen atoms in total. The number of esters is 1. The van der Waals surface area contributed by atoms with E-state index in [0.29, 0.717) is 6.61 Å². The largest absolute Gasteiger partial charge is 0.465 e. The molecule has 2 fully saturated rings. The summed E-state index contributed by atoms with van der Waals surface area (Å²) in [6, 6.07) is 0. The minimum atomic E-state index is -0.429. The minimum absolute atomic E-state index is 0.0183. The Hall–Kier alpha value is -0.610. The molecule has 0 unspecified atom stereocenters. The normalized spacial score (nSPS) is 34.1. The molecule has 1 aliphatic heterocycles. The zero-order chi connectivity index (χ0) is 12.7. The second-order valence-corrected chi connectivity index (χ2v) is 5.94. The lowest BCUT2D eigenvalue weighted by Crippen LogP contribution is -2.59. The van der Waals surface area contributed by atoms with Gasteiger partial charge in [0.2, 0.25) is 0 Å². The lowest BCUT2D eigenvalue weighted by molar-refractivity contribution is -0.169. The fourth-order valence-electron chi connectivity index (χ4n) is 2.70. The van der Waals surface area contributed by atoms with Crippen LogP contribution in [0.25, 0.3) is 0 Å². The molecule has 0 spiro atoms. The van der Waals surface area contributed by atoms with E-state index in [1.54, 1.807) is 0 Å². The molecule has 1 heterocycles. The van der Waals surface area contributed by atoms with Gasteiger partial charge >= 0.3 is 5.97 Å². The van der Waals surface area contributed by atoms with Crippen molar-refractivity contribution in [2.24, 2.45) is 5.41 Å². The first kappa shape index (κ1) is 12.8. The standard InChI is InChI=1S/C13H23NO3/c1-5-16-11(15)13(6-7-13)10-14-12(3,4)8-9(2)17-10/h9-10,14H,5-8H2,1-4H3/t9-,10-/m0/s1. The first-order valence-electron chi connectivity index (χ1n) is 6.50. The van der Waals surface area contributed by atoms with Crippen molar-refractivity contribution in [2.75, 3.05) is 6.61 Å². The number of hydrogen-bond donors (Lipinski definition) is 1. The average Bonchev–Trinajstić information content (AvgIpc) is 2.95. The predicted molar refractivity (Wildman–Crippen MR) is 64.5 cm³/mol. The lowest BCUT2D eigenvalue weighted by Gasteiger charge is -2.43. The predicted octanol–water partition coefficient (Wildman–Crippen LogP) is 1.83. The highest BCUT2D eigenvalue weighted by molar-refractivity contribution is 5.80. The third-order valence-corrected chi connectivity index (χ3v) is 3.66. The maximum absolute atomic E-state index is 12.0. The Morgan fingerprint density at radius 2 is 2.12 bits per heavy atom. The Morgan fingerprint density at radius 3 is 2.59 bits per heavy atom. The maximum Gasteiger partial charge on any atom is 0.316 e. The smallest absolute Gasteiger partial charge is 0.316 e. The van der Waals surface area contributed by atoms with Crippen molar-refractivity contribution in [3.05, 3.63) is 0 Å². The third-order valence-electron chi connectivity index (χ3n) is 3.66. The first-order valence-corrected chi connectivity index (χ1v) is 6.50. The van der Waals surface area contributed by atoms with Crippen molar-refractivity contribution < 1.29 is 14.3 Å². The Balaban J connectivity index is 2.09. The molecule has 2 rings (SSSR count). The van der Waals surface area contributed by atoms with Gasteiger partial charge in [-0.1, -0.05) is 0 Å². The van der Waals surface area contributed by atoms with Gasteiger partial charge in [-0.15, -0.1) is 0 Å². The number of hydrogen-bond acceptors (Lipinski definition) is 4. The molecule has 98 valence electrons. The number of rotatable bonds is 3. The summed E-state index contributed by atoms with van der Waals surface area (Å²) in [7, 11) is 0. The molecule has 2 aliphatic rings. The second-order valence-electron chi connectivity index (χ2n) is 5.94. The summed E-state index contributed by atoms with van der Waals surface area (Å²) in [5.74, 6) is -0.109. The van der Waals surface area contributed by atoms with Gasteiger partial charge in [0.25, 0.3) is 0 Å². The van der Waals surface area contributed by atoms with Gasteiger partial charge < -0.3 is 9.47 Å². The molecular formula is C13H23NO3. The zero-order valence-corrected chi connectivity index (χ0v) is 11.2. The molecule has 0 aromatic heterocycles. The third kappa shape index (κ3) is 2.47. The summed E-state index contributed by atoms with van der Waals surface area (Å²) >= 11 is 0. The van der Waals surface area contributed by atoms with E-state index in [4.69, 9.17) is 9.47 Å². The molecule has 0 aromatic rings. The average molecular weight is 241 g/mol. The molecule has 1 saturated carbocycles. The maximum atomic E-state index is 12.0. The van der Waals surface area contributed by atoms with Crippen molar-refractivity contribution in [1.82, 2.24) is 5.32 Å². The van der Waals surface area contributed by atoms with E-state index in [1.807, 2.05) is 6.92 Å². The van der Waals surface area contributed by atoms with Crippen molar-refractivity contribution in [2.45, 2.75) is 64.8 Å². The number of ether oxygens (including phenoxy) is 2. The molecule has 1 saturated heterocycles. The van der Waals surface area contributed by atoms with Crippen molar-refractivity contribution in [3.63, 3.8) is 0 Å². The molecule has 0 bridgehead atoms. The van der Waals surface area contributed by atoms with Crippen LogP contribution in [0.2, 0.25) is 0 Å². The van der Waals surface area contributed by atoms with Crippen LogP contribution >= 0.6 is 0 Å². The van der Waals surface area contributed by atoms with Crippen molar-refractivity contribution in [3.8, 4) is 0 Å². The van der Waals surface area contributed by atoms with E-state index in [9.17, 15) is 4.79 Å². The highest BCUT2D eigenvalue weighted by Gasteiger charge is 2.60. The van der Waals surface area contributed by atoms with Crippen molar-refractivity contribution in [1.29, 1.82) is 0 Å². The van der Waals surface area contributed by atoms with Crippen molar-refractivity contribution >= 4 is 5.97 Å². The second kappa shape index (κ2) is 4.25. The van der Waals surface area contributed by atoms with Gasteiger partial charge in [-0.3, -0.25) is 10.1 Å². The van der Waals surface area contributed by atoms with Crippen LogP contribution in [0.1, 0.15) is 47.0 Å². The summed E-state index contributed by atoms with van der Waals surface area (Å²) in [6.07, 6.45) is 2.68. The van der Waals surface area contributed by atoms with Crippen LogP contribution in [-0.2, 0) is 14.3 Å². The summed E-state index contributed by atoms with van der Waals surface area (Å²) in [5.41, 5.74) is -0.410. The van der Waals surface area contributed by atoms with Gasteiger partial charge in [-0.25, -0.2) is 0 Å². The quantitative estimate of drug-likeness (QED) is 0.766. The molecule has 1 aliphatic carbocycles. The Kier molecular flexibility index (Phi) is 3.21. The van der Waals surface area contributed by atoms with Crippen LogP contribution in [0.4, 0.5) is 0 Å². The number of carbonyl (C=O) groups excluding carboxylic acids is 1. The minimum Gasteiger partial charge on any atom is -0.465 e. The summed E-state index contributed by atoms with van der Waals surface area (Å²) in [5, 5.41) is 3.44. The lowest BCUT2D eigenvalue weighted by atomic mass is 9.92. The zero-order valence-electron chi connectivity index (χ0n) is 11.2. The van der Waals surface area contributed by atoms with Gasteiger partial charge in [0, 0.05) is 5.54 Å². The van der Waals surface area contributed by atoms with Gasteiger partial charge in [-0.05, 0) is 47.0 Å². The Labute approximate surface area is 103 Å². The fourth-order valence-corrected chi connectivity index (χ4v) is 2.70. The van der Waals surface area contributed by atoms with E-state index < -0.39 is 5.41 Å². The molecule has 0 amide bonds. The molecular weight excluding hydrogens is 218 g/mol. The summed E-state index contributed by atoms with van der Waals surface area (Å²) in [6.45, 7) is 8.65. The van der Waals surface area contributed by atoms with Crippen LogP contribution in [-0.4, -0.2) is 30.4 Å². The van der Waals surface area contributed by atoms with Gasteiger partial charge in [0.1, 0.15) is 11.6 Å². The van der Waals surface area contributed by atoms with E-state index in [2.05, 4.69) is 26.1 Å². The SMILES string of the molecule is CCOC(=O)C1([C@H]2NC(C)(C)C[C@H](C)O2)CC1. The molecule has 2 atom stereocenters. The first-order chi connectivity index (χ1) is 7.89. The Morgan fingerprint density at radius 1 is 1.47 bits per heavy atom. The summed E-state index contributed by atoms with van der Waals surface area (Å²) in [4.78, 5) is 12.0. The molecule has 0 radical (unpaired) electrons. The van der Waals surface area contributed by atoms with E-state index in [-0.39, 0.29) is 23.8 Å². The summed E-state index contributed by atoms with van der Waals surface area (Å²) < 4.78 is 11.1. The van der Waals surface area contributed by atoms with Crippen LogP contribution in [0.5, 0.6) is 0 Å². The van der Waals surface area contributed by atoms with Crippen LogP contribution in [0, 0.1) is 5.41 Å². The highest BCUT2D eigenvalue weighted by atomic mass is 16.5. The van der Waals surface area contributed by atoms with Crippen LogP contribution in [0.3, 0.4) is 0 Å². The van der Waals surface area contributed by atoms with Gasteiger partial charge in [-0.2, -0.15) is 0 Å². The molecule has 1 N–H and O–H groups in total. The Bertz CT molecular complexity index is 310. The molecule has 0 aromatic carbocycles. The highest BCUT2D eigenvalue weighted by Crippen LogP contribution is 2.52.